The van der Waals surface area contributed by atoms with E-state index in [0.29, 0.717) is 0 Å². The quantitative estimate of drug-likeness (QED) is 0.267. The Morgan fingerprint density at radius 1 is 0.808 bits per heavy atom. The molecule has 0 aromatic rings. The molecule has 0 amide bonds. The summed E-state index contributed by atoms with van der Waals surface area (Å²) in [7, 11) is -8.20. The van der Waals surface area contributed by atoms with Crippen LogP contribution in [0.4, 0.5) is 0 Å². The van der Waals surface area contributed by atoms with Gasteiger partial charge in [0.15, 0.2) is 30.7 Å². The second-order valence-corrected chi connectivity index (χ2v) is 26.8. The van der Waals surface area contributed by atoms with Gasteiger partial charge in [-0.25, -0.2) is 0 Å². The van der Waals surface area contributed by atoms with Crippen molar-refractivity contribution in [2.75, 3.05) is 6.54 Å². The zero-order chi connectivity index (χ0) is 20.8. The Labute approximate surface area is 165 Å². The Morgan fingerprint density at radius 2 is 1.19 bits per heavy atom. The molecule has 0 rings (SSSR count). The molecule has 0 aliphatic carbocycles. The highest BCUT2D eigenvalue weighted by Gasteiger charge is 2.49. The summed E-state index contributed by atoms with van der Waals surface area (Å²) < 4.78 is 20.0. The van der Waals surface area contributed by atoms with E-state index in [1.807, 2.05) is 6.92 Å². The van der Waals surface area contributed by atoms with E-state index in [2.05, 4.69) is 64.2 Å². The molecule has 0 atom stereocenters. The van der Waals surface area contributed by atoms with Gasteiger partial charge in [0.05, 0.1) is 0 Å². The fraction of sp³-hybridized carbons (Fsp3) is 0.824. The molecule has 0 bridgehead atoms. The van der Waals surface area contributed by atoms with Crippen molar-refractivity contribution in [2.24, 2.45) is 0 Å². The fourth-order valence-corrected chi connectivity index (χ4v) is 17.2. The molecule has 5 nitrogen and oxygen atoms in total. The zero-order valence-electron chi connectivity index (χ0n) is 18.8. The third-order valence-electron chi connectivity index (χ3n) is 2.87. The Hall–Kier alpha value is -0.0425. The Kier molecular flexibility index (Phi) is 9.93. The first kappa shape index (κ1) is 26.0. The number of hydrogen-bond donors (Lipinski definition) is 1. The van der Waals surface area contributed by atoms with Gasteiger partial charge in [-0.2, -0.15) is 0 Å². The first-order chi connectivity index (χ1) is 11.4. The lowest BCUT2D eigenvalue weighted by Crippen LogP contribution is -2.60. The lowest BCUT2D eigenvalue weighted by molar-refractivity contribution is -0.112. The van der Waals surface area contributed by atoms with Crippen molar-refractivity contribution < 1.29 is 17.1 Å². The Morgan fingerprint density at radius 3 is 1.50 bits per heavy atom. The molecule has 0 aliphatic rings. The molecule has 0 unspecified atom stereocenters. The van der Waals surface area contributed by atoms with Crippen LogP contribution in [0.15, 0.2) is 11.8 Å². The molecular weight excluding hydrogens is 395 g/mol. The van der Waals surface area contributed by atoms with Crippen molar-refractivity contribution >= 4 is 39.5 Å². The smallest absolute Gasteiger partial charge is 0.417 e. The van der Waals surface area contributed by atoms with E-state index in [1.54, 1.807) is 13.0 Å². The minimum atomic E-state index is -2.75. The van der Waals surface area contributed by atoms with Crippen LogP contribution in [0.3, 0.4) is 0 Å². The predicted molar refractivity (Wildman–Crippen MR) is 121 cm³/mol. The number of nitrogens with one attached hydrogen (secondary N) is 1. The summed E-state index contributed by atoms with van der Waals surface area (Å²) >= 11 is 0. The van der Waals surface area contributed by atoms with Gasteiger partial charge in [-0.3, -0.25) is 4.79 Å². The van der Waals surface area contributed by atoms with Crippen LogP contribution in [0.1, 0.15) is 20.3 Å². The summed E-state index contributed by atoms with van der Waals surface area (Å²) in [5, 5.41) is 3.30. The van der Waals surface area contributed by atoms with E-state index in [1.165, 1.54) is 0 Å². The van der Waals surface area contributed by atoms with Crippen molar-refractivity contribution in [3.8, 4) is 0 Å². The summed E-state index contributed by atoms with van der Waals surface area (Å²) in [5.74, 6) is 0.0601. The van der Waals surface area contributed by atoms with Crippen LogP contribution in [0.5, 0.6) is 0 Å². The molecule has 26 heavy (non-hydrogen) atoms. The molecule has 0 saturated carbocycles. The van der Waals surface area contributed by atoms with Gasteiger partial charge in [-0.15, -0.1) is 0 Å². The topological polar surface area (TPSA) is 56.8 Å². The van der Waals surface area contributed by atoms with Gasteiger partial charge in [-0.05, 0) is 85.3 Å². The highest BCUT2D eigenvalue weighted by molar-refractivity contribution is 6.90. The molecule has 0 fully saturated rings. The first-order valence-corrected chi connectivity index (χ1v) is 21.6. The van der Waals surface area contributed by atoms with Gasteiger partial charge in [0, 0.05) is 18.3 Å². The Balaban J connectivity index is 5.29. The van der Waals surface area contributed by atoms with Gasteiger partial charge in [0.25, 0.3) is 0 Å². The molecule has 0 radical (unpaired) electrons. The van der Waals surface area contributed by atoms with Gasteiger partial charge in [-0.1, -0.05) is 0 Å². The number of rotatable bonds is 12. The Bertz CT molecular complexity index is 450. The third-order valence-corrected chi connectivity index (χ3v) is 14.9. The van der Waals surface area contributed by atoms with E-state index in [4.69, 9.17) is 12.3 Å². The molecule has 0 spiro atoms. The summed E-state index contributed by atoms with van der Waals surface area (Å²) in [6, 6.07) is 0.812. The lowest BCUT2D eigenvalue weighted by Gasteiger charge is -2.43. The van der Waals surface area contributed by atoms with Crippen LogP contribution >= 0.6 is 0 Å². The highest BCUT2D eigenvalue weighted by atomic mass is 28.5. The number of carbonyl (C=O) groups excluding carboxylic acids is 1. The maximum absolute atomic E-state index is 11.2. The summed E-state index contributed by atoms with van der Waals surface area (Å²) in [6.45, 7) is 24.1. The van der Waals surface area contributed by atoms with E-state index in [9.17, 15) is 4.79 Å². The van der Waals surface area contributed by atoms with Crippen LogP contribution in [0, 0.1) is 0 Å². The molecule has 0 aromatic heterocycles. The number of ketones is 1. The van der Waals surface area contributed by atoms with Gasteiger partial charge < -0.3 is 17.7 Å². The molecular formula is C17H41NO4Si4. The number of carbonyl (C=O) groups is 1. The van der Waals surface area contributed by atoms with E-state index < -0.39 is 33.8 Å². The average Bonchev–Trinajstić information content (AvgIpc) is 2.26. The summed E-state index contributed by atoms with van der Waals surface area (Å²) in [6.07, 6.45) is 2.52. The summed E-state index contributed by atoms with van der Waals surface area (Å²) in [4.78, 5) is 11.2. The summed E-state index contributed by atoms with van der Waals surface area (Å²) in [5.41, 5.74) is 0.896. The molecule has 1 N–H and O–H groups in total. The van der Waals surface area contributed by atoms with Crippen molar-refractivity contribution in [3.63, 3.8) is 0 Å². The van der Waals surface area contributed by atoms with Gasteiger partial charge >= 0.3 is 8.80 Å². The third kappa shape index (κ3) is 14.1. The minimum absolute atomic E-state index is 0.0601. The largest absolute Gasteiger partial charge is 0.469 e. The fourth-order valence-electron chi connectivity index (χ4n) is 2.56. The van der Waals surface area contributed by atoms with Crippen LogP contribution in [-0.4, -0.2) is 46.1 Å². The van der Waals surface area contributed by atoms with Gasteiger partial charge in [0.2, 0.25) is 0 Å². The molecule has 154 valence electrons. The van der Waals surface area contributed by atoms with Crippen molar-refractivity contribution in [1.29, 1.82) is 0 Å². The van der Waals surface area contributed by atoms with E-state index >= 15 is 0 Å². The SMILES string of the molecule is CC(=O)/C=C(\C)NCCC[Si](O[Si](C)(C)C)(O[Si](C)(C)C)O[Si](C)(C)C. The van der Waals surface area contributed by atoms with Crippen molar-refractivity contribution in [3.05, 3.63) is 11.8 Å². The second kappa shape index (κ2) is 9.94. The predicted octanol–water partition coefficient (Wildman–Crippen LogP) is 4.95. The standard InChI is InChI=1S/C17H41NO4Si4/c1-16(15-17(2)19)18-13-12-14-26(20-23(3,4)5,21-24(6,7)8)22-25(9,10)11/h15,18H,12-14H2,1-11H3/b16-15+. The second-order valence-electron chi connectivity index (χ2n) is 9.79. The molecule has 0 saturated heterocycles. The van der Waals surface area contributed by atoms with E-state index in [-0.39, 0.29) is 5.78 Å². The van der Waals surface area contributed by atoms with Gasteiger partial charge in [0.1, 0.15) is 0 Å². The van der Waals surface area contributed by atoms with Crippen molar-refractivity contribution in [2.45, 2.75) is 85.2 Å². The minimum Gasteiger partial charge on any atom is -0.417 e. The van der Waals surface area contributed by atoms with Crippen molar-refractivity contribution in [1.82, 2.24) is 5.32 Å². The number of allylic oxidation sites excluding steroid dienone is 2. The van der Waals surface area contributed by atoms with Crippen LogP contribution in [0.2, 0.25) is 65.0 Å². The van der Waals surface area contributed by atoms with Crippen LogP contribution < -0.4 is 5.32 Å². The normalized spacial score (nSPS) is 14.5. The highest BCUT2D eigenvalue weighted by Crippen LogP contribution is 2.29. The van der Waals surface area contributed by atoms with Crippen LogP contribution in [0.25, 0.3) is 0 Å². The monoisotopic (exact) mass is 435 g/mol. The number of hydrogen-bond acceptors (Lipinski definition) is 5. The maximum Gasteiger partial charge on any atom is 0.469 e. The molecule has 0 aliphatic heterocycles. The zero-order valence-corrected chi connectivity index (χ0v) is 22.8. The molecule has 0 aromatic carbocycles. The molecule has 9 heteroatoms. The van der Waals surface area contributed by atoms with Crippen LogP contribution in [-0.2, 0) is 17.1 Å². The molecule has 0 heterocycles. The first-order valence-electron chi connectivity index (χ1n) is 9.46. The average molecular weight is 436 g/mol. The lowest BCUT2D eigenvalue weighted by atomic mass is 10.3. The van der Waals surface area contributed by atoms with E-state index in [0.717, 1.165) is 24.7 Å². The maximum atomic E-state index is 11.2.